The van der Waals surface area contributed by atoms with Crippen LogP contribution >= 0.6 is 0 Å². The van der Waals surface area contributed by atoms with Gasteiger partial charge in [0.05, 0.1) is 0 Å². The van der Waals surface area contributed by atoms with E-state index in [0.29, 0.717) is 5.92 Å². The van der Waals surface area contributed by atoms with Gasteiger partial charge < -0.3 is 22.0 Å². The number of carbonyl (C=O) groups is 1. The van der Waals surface area contributed by atoms with Gasteiger partial charge >= 0.3 is 5.97 Å². The smallest absolute Gasteiger partial charge is 0.331 e. The second kappa shape index (κ2) is 9.65. The summed E-state index contributed by atoms with van der Waals surface area (Å²) < 4.78 is 5.67. The highest BCUT2D eigenvalue weighted by molar-refractivity contribution is 5.87. The Kier molecular flexibility index (Phi) is 8.21. The van der Waals surface area contributed by atoms with Crippen molar-refractivity contribution in [3.8, 4) is 0 Å². The highest BCUT2D eigenvalue weighted by Crippen LogP contribution is 2.27. The molecule has 2 unspecified atom stereocenters. The molecule has 1 saturated carbocycles. The van der Waals surface area contributed by atoms with Gasteiger partial charge in [-0.1, -0.05) is 36.8 Å². The van der Waals surface area contributed by atoms with E-state index in [1.165, 1.54) is 12.5 Å². The summed E-state index contributed by atoms with van der Waals surface area (Å²) in [7, 11) is 4.14. The van der Waals surface area contributed by atoms with Crippen LogP contribution in [0.2, 0.25) is 0 Å². The average molecular weight is 323 g/mol. The molecular weight excluding hydrogens is 298 g/mol. The van der Waals surface area contributed by atoms with E-state index in [4.69, 9.17) is 4.74 Å². The first-order valence-electron chi connectivity index (χ1n) is 7.73. The minimum absolute atomic E-state index is 0. The van der Waals surface area contributed by atoms with E-state index in [-0.39, 0.29) is 24.5 Å². The van der Waals surface area contributed by atoms with E-state index < -0.39 is 0 Å². The Labute approximate surface area is 139 Å². The molecule has 1 aliphatic rings. The molecule has 122 valence electrons. The third-order valence-electron chi connectivity index (χ3n) is 3.92. The van der Waals surface area contributed by atoms with Crippen molar-refractivity contribution in [2.75, 3.05) is 20.6 Å². The first-order valence-corrected chi connectivity index (χ1v) is 7.73. The van der Waals surface area contributed by atoms with E-state index in [2.05, 4.69) is 19.0 Å². The largest absolute Gasteiger partial charge is 1.00 e. The summed E-state index contributed by atoms with van der Waals surface area (Å²) in [5, 5.41) is 0. The lowest BCUT2D eigenvalue weighted by Gasteiger charge is -2.32. The Balaban J connectivity index is 0.00000242. The van der Waals surface area contributed by atoms with E-state index in [0.717, 1.165) is 31.4 Å². The first-order chi connectivity index (χ1) is 10.1. The fraction of sp³-hybridized carbons (Fsp3) is 0.500. The quantitative estimate of drug-likeness (QED) is 0.579. The Morgan fingerprint density at radius 3 is 2.59 bits per heavy atom. The SMILES string of the molecule is CN(C)CC1CCCCC1OC(=O)/C=C/c1ccccc1.[Cl-]. The van der Waals surface area contributed by atoms with Gasteiger partial charge in [-0.25, -0.2) is 4.79 Å². The molecule has 0 spiro atoms. The van der Waals surface area contributed by atoms with E-state index >= 15 is 0 Å². The fourth-order valence-electron chi connectivity index (χ4n) is 2.92. The Bertz CT molecular complexity index is 473. The number of esters is 1. The number of hydrogen-bond acceptors (Lipinski definition) is 3. The first kappa shape index (κ1) is 18.7. The summed E-state index contributed by atoms with van der Waals surface area (Å²) in [5.74, 6) is 0.234. The van der Waals surface area contributed by atoms with Crippen LogP contribution in [-0.2, 0) is 9.53 Å². The molecule has 0 saturated heterocycles. The zero-order valence-electron chi connectivity index (χ0n) is 13.4. The summed E-state index contributed by atoms with van der Waals surface area (Å²) >= 11 is 0. The molecule has 0 amide bonds. The lowest BCUT2D eigenvalue weighted by atomic mass is 9.86. The molecule has 0 heterocycles. The van der Waals surface area contributed by atoms with Gasteiger partial charge in [-0.3, -0.25) is 0 Å². The molecule has 1 aromatic carbocycles. The lowest BCUT2D eigenvalue weighted by molar-refractivity contribution is -0.147. The normalized spacial score (nSPS) is 21.6. The van der Waals surface area contributed by atoms with Crippen LogP contribution < -0.4 is 12.4 Å². The molecule has 1 aliphatic carbocycles. The molecule has 1 fully saturated rings. The summed E-state index contributed by atoms with van der Waals surface area (Å²) in [6.45, 7) is 0.986. The zero-order valence-corrected chi connectivity index (χ0v) is 14.1. The Morgan fingerprint density at radius 2 is 1.91 bits per heavy atom. The minimum Gasteiger partial charge on any atom is -1.00 e. The number of halogens is 1. The third-order valence-corrected chi connectivity index (χ3v) is 3.92. The number of carbonyl (C=O) groups excluding carboxylic acids is 1. The van der Waals surface area contributed by atoms with Crippen LogP contribution in [0.1, 0.15) is 31.2 Å². The fourth-order valence-corrected chi connectivity index (χ4v) is 2.92. The van der Waals surface area contributed by atoms with Crippen LogP contribution in [0.4, 0.5) is 0 Å². The predicted molar refractivity (Wildman–Crippen MR) is 85.9 cm³/mol. The molecule has 22 heavy (non-hydrogen) atoms. The van der Waals surface area contributed by atoms with Crippen molar-refractivity contribution in [3.63, 3.8) is 0 Å². The third kappa shape index (κ3) is 6.20. The number of hydrogen-bond donors (Lipinski definition) is 0. The standard InChI is InChI=1S/C18H25NO2.ClH/c1-19(2)14-16-10-6-7-11-17(16)21-18(20)13-12-15-8-4-3-5-9-15;/h3-5,8-9,12-13,16-17H,6-7,10-11,14H2,1-2H3;1H/p-1/b13-12+;. The molecule has 1 aromatic rings. The van der Waals surface area contributed by atoms with Crippen LogP contribution in [0, 0.1) is 5.92 Å². The molecule has 2 atom stereocenters. The van der Waals surface area contributed by atoms with Crippen LogP contribution in [0.5, 0.6) is 0 Å². The molecule has 0 aliphatic heterocycles. The van der Waals surface area contributed by atoms with Gasteiger partial charge in [0.25, 0.3) is 0 Å². The van der Waals surface area contributed by atoms with Gasteiger partial charge in [-0.05, 0) is 45.0 Å². The van der Waals surface area contributed by atoms with Crippen LogP contribution in [-0.4, -0.2) is 37.6 Å². The van der Waals surface area contributed by atoms with Crippen molar-refractivity contribution in [2.45, 2.75) is 31.8 Å². The van der Waals surface area contributed by atoms with Gasteiger partial charge in [0, 0.05) is 18.5 Å². The number of rotatable bonds is 5. The second-order valence-corrected chi connectivity index (χ2v) is 6.03. The molecule has 2 rings (SSSR count). The van der Waals surface area contributed by atoms with Gasteiger partial charge in [-0.15, -0.1) is 0 Å². The highest BCUT2D eigenvalue weighted by Gasteiger charge is 2.28. The van der Waals surface area contributed by atoms with Crippen LogP contribution in [0.25, 0.3) is 6.08 Å². The van der Waals surface area contributed by atoms with Crippen LogP contribution in [0.3, 0.4) is 0 Å². The van der Waals surface area contributed by atoms with Crippen molar-refractivity contribution in [2.24, 2.45) is 5.92 Å². The van der Waals surface area contributed by atoms with E-state index in [9.17, 15) is 4.79 Å². The molecule has 0 radical (unpaired) electrons. The molecule has 0 bridgehead atoms. The van der Waals surface area contributed by atoms with Gasteiger partial charge in [0.2, 0.25) is 0 Å². The van der Waals surface area contributed by atoms with Crippen molar-refractivity contribution in [1.29, 1.82) is 0 Å². The van der Waals surface area contributed by atoms with Gasteiger partial charge in [-0.2, -0.15) is 0 Å². The predicted octanol–water partition coefficient (Wildman–Crippen LogP) is 0.367. The molecule has 4 heteroatoms. The van der Waals surface area contributed by atoms with Gasteiger partial charge in [0.1, 0.15) is 6.10 Å². The maximum Gasteiger partial charge on any atom is 0.331 e. The highest BCUT2D eigenvalue weighted by atomic mass is 35.5. The monoisotopic (exact) mass is 322 g/mol. The maximum atomic E-state index is 12.0. The summed E-state index contributed by atoms with van der Waals surface area (Å²) in [6, 6.07) is 9.82. The average Bonchev–Trinajstić information content (AvgIpc) is 2.48. The van der Waals surface area contributed by atoms with E-state index in [1.807, 2.05) is 36.4 Å². The second-order valence-electron chi connectivity index (χ2n) is 6.03. The molecule has 0 aromatic heterocycles. The van der Waals surface area contributed by atoms with Crippen molar-refractivity contribution in [3.05, 3.63) is 42.0 Å². The number of benzene rings is 1. The minimum atomic E-state index is -0.227. The topological polar surface area (TPSA) is 29.5 Å². The number of ether oxygens (including phenoxy) is 1. The van der Waals surface area contributed by atoms with E-state index in [1.54, 1.807) is 0 Å². The van der Waals surface area contributed by atoms with Crippen molar-refractivity contribution >= 4 is 12.0 Å². The molecule has 3 nitrogen and oxygen atoms in total. The maximum absolute atomic E-state index is 12.0. The van der Waals surface area contributed by atoms with Crippen molar-refractivity contribution < 1.29 is 21.9 Å². The van der Waals surface area contributed by atoms with Crippen molar-refractivity contribution in [1.82, 2.24) is 4.90 Å². The Hall–Kier alpha value is -1.32. The molecular formula is C18H25ClNO2-. The number of nitrogens with zero attached hydrogens (tertiary/aromatic N) is 1. The zero-order chi connectivity index (χ0) is 15.1. The van der Waals surface area contributed by atoms with Gasteiger partial charge in [0.15, 0.2) is 0 Å². The van der Waals surface area contributed by atoms with Crippen LogP contribution in [0.15, 0.2) is 36.4 Å². The summed E-state index contributed by atoms with van der Waals surface area (Å²) in [4.78, 5) is 14.2. The lowest BCUT2D eigenvalue weighted by Crippen LogP contribution is -3.00. The summed E-state index contributed by atoms with van der Waals surface area (Å²) in [6.07, 6.45) is 7.95. The molecule has 0 N–H and O–H groups in total. The summed E-state index contributed by atoms with van der Waals surface area (Å²) in [5.41, 5.74) is 1.02. The Morgan fingerprint density at radius 1 is 1.23 bits per heavy atom.